The zero-order valence-electron chi connectivity index (χ0n) is 36.1. The standard InChI is InChI=1S/C35H55N5O5.C4H9NO.C2H6.CH5N/c1-9-24(4)32(39(6)30(41)20-23(2)3)29(44-7)22-31(42)40-19-13-16-28(40)33(45-8)25(5)35(43)38-27(34-36-17-18-37-34)21-26-14-11-10-12-15-26;1-4(2,5)3-6;2*1-2/h10-12,14-15,17-18,23-25,27-29,32-33H,9,13,16,19-22H2,1-8H3,(H,36,37)(H,38,43);3H,5H2,1-2H3;1-2H3;2H2,1H3. The summed E-state index contributed by atoms with van der Waals surface area (Å²) in [6.45, 7) is 18.0. The molecule has 1 aliphatic heterocycles. The number of hydrogen-bond donors (Lipinski definition) is 4. The zero-order valence-corrected chi connectivity index (χ0v) is 36.1. The van der Waals surface area contributed by atoms with Gasteiger partial charge in [-0.25, -0.2) is 4.98 Å². The average molecular weight is 774 g/mol. The van der Waals surface area contributed by atoms with E-state index in [2.05, 4.69) is 34.9 Å². The molecule has 55 heavy (non-hydrogen) atoms. The summed E-state index contributed by atoms with van der Waals surface area (Å²) in [5.74, 6) is 0.403. The molecule has 1 saturated heterocycles. The summed E-state index contributed by atoms with van der Waals surface area (Å²) in [6.07, 6.45) is 6.80. The molecule has 1 fully saturated rings. The highest BCUT2D eigenvalue weighted by molar-refractivity contribution is 5.81. The smallest absolute Gasteiger partial charge is 0.226 e. The van der Waals surface area contributed by atoms with Gasteiger partial charge < -0.3 is 45.8 Å². The average Bonchev–Trinajstić information content (AvgIpc) is 3.90. The van der Waals surface area contributed by atoms with Gasteiger partial charge in [0.2, 0.25) is 17.7 Å². The number of hydrogen-bond acceptors (Lipinski definition) is 9. The van der Waals surface area contributed by atoms with E-state index in [0.29, 0.717) is 31.5 Å². The maximum Gasteiger partial charge on any atom is 0.226 e. The zero-order chi connectivity index (χ0) is 42.3. The summed E-state index contributed by atoms with van der Waals surface area (Å²) in [5, 5.41) is 3.19. The minimum atomic E-state index is -0.639. The van der Waals surface area contributed by atoms with Gasteiger partial charge in [0.25, 0.3) is 0 Å². The summed E-state index contributed by atoms with van der Waals surface area (Å²) in [7, 11) is 6.55. The second kappa shape index (κ2) is 27.0. The predicted molar refractivity (Wildman–Crippen MR) is 221 cm³/mol. The van der Waals surface area contributed by atoms with Crippen LogP contribution in [0, 0.1) is 17.8 Å². The molecule has 314 valence electrons. The number of aromatic nitrogens is 2. The van der Waals surface area contributed by atoms with Crippen molar-refractivity contribution in [2.45, 2.75) is 137 Å². The highest BCUT2D eigenvalue weighted by Gasteiger charge is 2.42. The number of ether oxygens (including phenoxy) is 2. The van der Waals surface area contributed by atoms with Crippen LogP contribution in [-0.2, 0) is 35.1 Å². The Morgan fingerprint density at radius 1 is 1.07 bits per heavy atom. The topological polar surface area (TPSA) is 186 Å². The number of carbonyl (C=O) groups is 4. The highest BCUT2D eigenvalue weighted by atomic mass is 16.5. The van der Waals surface area contributed by atoms with Gasteiger partial charge in [-0.05, 0) is 57.6 Å². The number of rotatable bonds is 18. The van der Waals surface area contributed by atoms with Crippen LogP contribution in [0.3, 0.4) is 0 Å². The predicted octanol–water partition coefficient (Wildman–Crippen LogP) is 5.30. The Bertz CT molecular complexity index is 1340. The van der Waals surface area contributed by atoms with Crippen molar-refractivity contribution in [2.24, 2.45) is 29.2 Å². The molecule has 13 heteroatoms. The third kappa shape index (κ3) is 17.4. The first-order valence-electron chi connectivity index (χ1n) is 19.8. The van der Waals surface area contributed by atoms with Crippen molar-refractivity contribution in [1.29, 1.82) is 0 Å². The highest BCUT2D eigenvalue weighted by Crippen LogP contribution is 2.30. The molecule has 7 unspecified atom stereocenters. The second-order valence-electron chi connectivity index (χ2n) is 14.9. The second-order valence-corrected chi connectivity index (χ2v) is 14.9. The molecule has 6 N–H and O–H groups in total. The summed E-state index contributed by atoms with van der Waals surface area (Å²) in [5.41, 5.74) is 10.1. The van der Waals surface area contributed by atoms with Crippen molar-refractivity contribution < 1.29 is 28.7 Å². The minimum absolute atomic E-state index is 0.0467. The Balaban J connectivity index is 0.00000261. The number of aromatic amines is 1. The lowest BCUT2D eigenvalue weighted by atomic mass is 9.90. The van der Waals surface area contributed by atoms with Crippen molar-refractivity contribution in [3.63, 3.8) is 0 Å². The maximum atomic E-state index is 13.9. The van der Waals surface area contributed by atoms with Crippen LogP contribution >= 0.6 is 0 Å². The van der Waals surface area contributed by atoms with E-state index in [4.69, 9.17) is 15.2 Å². The number of carbonyl (C=O) groups excluding carboxylic acids is 4. The van der Waals surface area contributed by atoms with Crippen LogP contribution in [0.4, 0.5) is 0 Å². The van der Waals surface area contributed by atoms with E-state index in [9.17, 15) is 19.2 Å². The van der Waals surface area contributed by atoms with E-state index in [1.807, 2.05) is 76.9 Å². The summed E-state index contributed by atoms with van der Waals surface area (Å²) in [6, 6.07) is 9.16. The van der Waals surface area contributed by atoms with Crippen molar-refractivity contribution in [2.75, 3.05) is 34.9 Å². The van der Waals surface area contributed by atoms with E-state index in [-0.39, 0.29) is 54.1 Å². The van der Waals surface area contributed by atoms with Crippen molar-refractivity contribution in [3.8, 4) is 0 Å². The van der Waals surface area contributed by atoms with Crippen molar-refractivity contribution >= 4 is 24.0 Å². The molecule has 1 aromatic heterocycles. The first kappa shape index (κ1) is 51.4. The van der Waals surface area contributed by atoms with Gasteiger partial charge in [0.1, 0.15) is 12.1 Å². The van der Waals surface area contributed by atoms with Crippen molar-refractivity contribution in [3.05, 3.63) is 54.1 Å². The summed E-state index contributed by atoms with van der Waals surface area (Å²) < 4.78 is 11.9. The molecule has 13 nitrogen and oxygen atoms in total. The Morgan fingerprint density at radius 3 is 2.15 bits per heavy atom. The first-order valence-corrected chi connectivity index (χ1v) is 19.8. The number of likely N-dealkylation sites (tertiary alicyclic amines) is 1. The molecule has 1 aliphatic rings. The van der Waals surface area contributed by atoms with Gasteiger partial charge in [-0.15, -0.1) is 0 Å². The quantitative estimate of drug-likeness (QED) is 0.146. The fourth-order valence-corrected chi connectivity index (χ4v) is 6.66. The van der Waals surface area contributed by atoms with Crippen LogP contribution in [-0.4, -0.2) is 108 Å². The van der Waals surface area contributed by atoms with E-state index in [1.165, 1.54) is 7.05 Å². The van der Waals surface area contributed by atoms with E-state index >= 15 is 0 Å². The molecule has 3 rings (SSSR count). The number of imidazole rings is 1. The number of benzene rings is 1. The first-order chi connectivity index (χ1) is 26.1. The largest absolute Gasteiger partial charge is 0.379 e. The third-order valence-corrected chi connectivity index (χ3v) is 9.64. The van der Waals surface area contributed by atoms with E-state index < -0.39 is 23.7 Å². The molecule has 0 saturated carbocycles. The van der Waals surface area contributed by atoms with Crippen LogP contribution in [0.25, 0.3) is 0 Å². The Morgan fingerprint density at radius 2 is 1.67 bits per heavy atom. The monoisotopic (exact) mass is 774 g/mol. The maximum absolute atomic E-state index is 13.9. The SMILES string of the molecule is CC.CC(C)(N)C=O.CCC(C)C(C(CC(=O)N1CCCC1C(OC)C(C)C(=O)NC(Cc1ccccc1)c1ncc[nH]1)OC)N(C)C(=O)CC(C)C.CN. The normalized spacial score (nSPS) is 17.0. The van der Waals surface area contributed by atoms with Gasteiger partial charge in [-0.2, -0.15) is 0 Å². The summed E-state index contributed by atoms with van der Waals surface area (Å²) >= 11 is 0. The number of likely N-dealkylation sites (N-methyl/N-ethyl adjacent to an activating group) is 1. The lowest BCUT2D eigenvalue weighted by molar-refractivity contribution is -0.146. The Labute approximate surface area is 332 Å². The minimum Gasteiger partial charge on any atom is -0.379 e. The van der Waals surface area contributed by atoms with E-state index in [1.54, 1.807) is 45.4 Å². The molecule has 3 amide bonds. The molecule has 1 aromatic carbocycles. The molecule has 0 radical (unpaired) electrons. The lowest BCUT2D eigenvalue weighted by Gasteiger charge is -2.39. The molecule has 2 aromatic rings. The van der Waals surface area contributed by atoms with Gasteiger partial charge in [0.05, 0.1) is 48.2 Å². The number of methoxy groups -OCH3 is 2. The van der Waals surface area contributed by atoms with Gasteiger partial charge in [0.15, 0.2) is 0 Å². The number of nitrogens with two attached hydrogens (primary N) is 2. The summed E-state index contributed by atoms with van der Waals surface area (Å²) in [4.78, 5) is 61.6. The molecule has 2 heterocycles. The Hall–Kier alpha value is -3.65. The van der Waals surface area contributed by atoms with Crippen LogP contribution in [0.2, 0.25) is 0 Å². The number of nitrogens with one attached hydrogen (secondary N) is 2. The van der Waals surface area contributed by atoms with Crippen LogP contribution in [0.15, 0.2) is 42.7 Å². The number of amides is 3. The van der Waals surface area contributed by atoms with Gasteiger partial charge in [0, 0.05) is 46.6 Å². The van der Waals surface area contributed by atoms with Gasteiger partial charge in [-0.1, -0.05) is 85.2 Å². The molecular weight excluding hydrogens is 699 g/mol. The fourth-order valence-electron chi connectivity index (χ4n) is 6.66. The van der Waals surface area contributed by atoms with Crippen LogP contribution in [0.1, 0.15) is 112 Å². The number of H-pyrrole nitrogens is 1. The van der Waals surface area contributed by atoms with Gasteiger partial charge in [-0.3, -0.25) is 14.4 Å². The van der Waals surface area contributed by atoms with Crippen molar-refractivity contribution in [1.82, 2.24) is 25.1 Å². The number of aldehydes is 1. The Kier molecular flexibility index (Phi) is 25.2. The fraction of sp³-hybridized carbons (Fsp3) is 0.690. The van der Waals surface area contributed by atoms with E-state index in [0.717, 1.165) is 24.8 Å². The van der Waals surface area contributed by atoms with Gasteiger partial charge >= 0.3 is 0 Å². The van der Waals surface area contributed by atoms with Crippen LogP contribution in [0.5, 0.6) is 0 Å². The molecule has 7 atom stereocenters. The van der Waals surface area contributed by atoms with Crippen LogP contribution < -0.4 is 16.8 Å². The molecule has 0 bridgehead atoms. The number of nitrogens with zero attached hydrogens (tertiary/aromatic N) is 3. The molecular formula is C42H75N7O6. The third-order valence-electron chi connectivity index (χ3n) is 9.64. The molecule has 0 aliphatic carbocycles. The molecule has 0 spiro atoms. The lowest BCUT2D eigenvalue weighted by Crippen LogP contribution is -2.53.